The van der Waals surface area contributed by atoms with Gasteiger partial charge in [-0.25, -0.2) is 4.39 Å². The summed E-state index contributed by atoms with van der Waals surface area (Å²) in [6, 6.07) is 13.3. The molecule has 0 spiro atoms. The molecule has 2 nitrogen and oxygen atoms in total. The van der Waals surface area contributed by atoms with Crippen LogP contribution in [-0.4, -0.2) is 13.7 Å². The number of nitrogens with one attached hydrogen (secondary N) is 1. The largest absolute Gasteiger partial charge is 0.494 e. The van der Waals surface area contributed by atoms with Crippen molar-refractivity contribution in [3.8, 4) is 5.75 Å². The van der Waals surface area contributed by atoms with Crippen molar-refractivity contribution in [1.29, 1.82) is 0 Å². The molecule has 0 aromatic heterocycles. The second-order valence-electron chi connectivity index (χ2n) is 4.80. The van der Waals surface area contributed by atoms with Gasteiger partial charge >= 0.3 is 0 Å². The van der Waals surface area contributed by atoms with E-state index in [1.165, 1.54) is 10.7 Å². The maximum atomic E-state index is 14.0. The molecule has 0 saturated heterocycles. The van der Waals surface area contributed by atoms with Crippen LogP contribution in [0, 0.1) is 9.39 Å². The molecule has 2 aromatic carbocycles. The van der Waals surface area contributed by atoms with Crippen molar-refractivity contribution in [2.24, 2.45) is 0 Å². The van der Waals surface area contributed by atoms with Crippen molar-refractivity contribution < 1.29 is 9.13 Å². The summed E-state index contributed by atoms with van der Waals surface area (Å²) in [7, 11) is 1.48. The minimum absolute atomic E-state index is 0.0153. The van der Waals surface area contributed by atoms with Crippen molar-refractivity contribution >= 4 is 22.6 Å². The van der Waals surface area contributed by atoms with Crippen LogP contribution in [0.2, 0.25) is 0 Å². The minimum Gasteiger partial charge on any atom is -0.494 e. The first kappa shape index (κ1) is 16.2. The van der Waals surface area contributed by atoms with Crippen LogP contribution in [0.3, 0.4) is 0 Å². The molecule has 2 rings (SSSR count). The highest BCUT2D eigenvalue weighted by molar-refractivity contribution is 14.1. The molecule has 1 atom stereocenters. The zero-order chi connectivity index (χ0) is 15.2. The predicted octanol–water partition coefficient (Wildman–Crippen LogP) is 4.53. The van der Waals surface area contributed by atoms with Crippen LogP contribution in [0.5, 0.6) is 5.75 Å². The monoisotopic (exact) mass is 399 g/mol. The fourth-order valence-electron chi connectivity index (χ4n) is 2.27. The van der Waals surface area contributed by atoms with Crippen LogP contribution in [0.15, 0.2) is 42.5 Å². The molecule has 0 amide bonds. The summed E-state index contributed by atoms with van der Waals surface area (Å²) in [5, 5.41) is 3.50. The fourth-order valence-corrected chi connectivity index (χ4v) is 2.97. The third kappa shape index (κ3) is 3.95. The number of methoxy groups -OCH3 is 1. The molecule has 1 unspecified atom stereocenters. The van der Waals surface area contributed by atoms with E-state index in [2.05, 4.69) is 47.0 Å². The SMILES string of the molecule is CCCNC(c1ccc(OC)c(F)c1)c1ccccc1I. The Kier molecular flexibility index (Phi) is 5.99. The van der Waals surface area contributed by atoms with Gasteiger partial charge < -0.3 is 10.1 Å². The molecule has 0 aliphatic carbocycles. The summed E-state index contributed by atoms with van der Waals surface area (Å²) in [4.78, 5) is 0. The number of ether oxygens (including phenoxy) is 1. The maximum absolute atomic E-state index is 14.0. The summed E-state index contributed by atoms with van der Waals surface area (Å²) in [5.74, 6) is -0.0556. The van der Waals surface area contributed by atoms with Crippen LogP contribution in [0.25, 0.3) is 0 Å². The zero-order valence-corrected chi connectivity index (χ0v) is 14.4. The van der Waals surface area contributed by atoms with E-state index in [0.717, 1.165) is 24.1 Å². The lowest BCUT2D eigenvalue weighted by atomic mass is 9.98. The van der Waals surface area contributed by atoms with Crippen LogP contribution in [-0.2, 0) is 0 Å². The minimum atomic E-state index is -0.329. The molecule has 0 bridgehead atoms. The van der Waals surface area contributed by atoms with Gasteiger partial charge in [0.25, 0.3) is 0 Å². The van der Waals surface area contributed by atoms with Gasteiger partial charge in [0.15, 0.2) is 11.6 Å². The van der Waals surface area contributed by atoms with Crippen LogP contribution < -0.4 is 10.1 Å². The molecular formula is C17H19FINO. The summed E-state index contributed by atoms with van der Waals surface area (Å²) >= 11 is 2.32. The lowest BCUT2D eigenvalue weighted by Gasteiger charge is -2.21. The van der Waals surface area contributed by atoms with Crippen LogP contribution in [0.1, 0.15) is 30.5 Å². The van der Waals surface area contributed by atoms with E-state index in [1.807, 2.05) is 18.2 Å². The summed E-state index contributed by atoms with van der Waals surface area (Å²) in [5.41, 5.74) is 2.07. The Morgan fingerprint density at radius 2 is 2.00 bits per heavy atom. The second kappa shape index (κ2) is 7.75. The quantitative estimate of drug-likeness (QED) is 0.721. The number of rotatable bonds is 6. The Bertz CT molecular complexity index is 603. The van der Waals surface area contributed by atoms with E-state index in [9.17, 15) is 4.39 Å². The van der Waals surface area contributed by atoms with Crippen molar-refractivity contribution in [3.05, 3.63) is 63.0 Å². The average molecular weight is 399 g/mol. The molecule has 0 fully saturated rings. The highest BCUT2D eigenvalue weighted by Gasteiger charge is 2.17. The topological polar surface area (TPSA) is 21.3 Å². The Morgan fingerprint density at radius 3 is 2.62 bits per heavy atom. The Morgan fingerprint density at radius 1 is 1.24 bits per heavy atom. The molecule has 2 aromatic rings. The molecule has 4 heteroatoms. The van der Waals surface area contributed by atoms with E-state index < -0.39 is 0 Å². The lowest BCUT2D eigenvalue weighted by molar-refractivity contribution is 0.385. The lowest BCUT2D eigenvalue weighted by Crippen LogP contribution is -2.24. The maximum Gasteiger partial charge on any atom is 0.165 e. The smallest absolute Gasteiger partial charge is 0.165 e. The highest BCUT2D eigenvalue weighted by atomic mass is 127. The van der Waals surface area contributed by atoms with E-state index in [1.54, 1.807) is 12.1 Å². The molecule has 0 aliphatic rings. The van der Waals surface area contributed by atoms with Gasteiger partial charge in [-0.15, -0.1) is 0 Å². The molecule has 21 heavy (non-hydrogen) atoms. The first-order valence-electron chi connectivity index (χ1n) is 6.98. The molecule has 0 aliphatic heterocycles. The summed E-state index contributed by atoms with van der Waals surface area (Å²) in [6.45, 7) is 3.00. The molecular weight excluding hydrogens is 380 g/mol. The van der Waals surface area contributed by atoms with Gasteiger partial charge in [0.1, 0.15) is 0 Å². The Labute approximate surface area is 138 Å². The normalized spacial score (nSPS) is 12.2. The summed E-state index contributed by atoms with van der Waals surface area (Å²) in [6.07, 6.45) is 1.03. The summed E-state index contributed by atoms with van der Waals surface area (Å²) < 4.78 is 20.2. The van der Waals surface area contributed by atoms with Gasteiger partial charge in [0.2, 0.25) is 0 Å². The standard InChI is InChI=1S/C17H19FINO/c1-3-10-20-17(13-6-4-5-7-15(13)19)12-8-9-16(21-2)14(18)11-12/h4-9,11,17,20H,3,10H2,1-2H3. The predicted molar refractivity (Wildman–Crippen MR) is 92.2 cm³/mol. The van der Waals surface area contributed by atoms with Gasteiger partial charge in [-0.1, -0.05) is 31.2 Å². The van der Waals surface area contributed by atoms with Gasteiger partial charge in [0.05, 0.1) is 13.2 Å². The van der Waals surface area contributed by atoms with Gasteiger partial charge in [-0.3, -0.25) is 0 Å². The first-order chi connectivity index (χ1) is 10.2. The third-order valence-corrected chi connectivity index (χ3v) is 4.31. The molecule has 0 saturated carbocycles. The molecule has 1 N–H and O–H groups in total. The molecule has 112 valence electrons. The van der Waals surface area contributed by atoms with Crippen LogP contribution >= 0.6 is 22.6 Å². The van der Waals surface area contributed by atoms with Crippen molar-refractivity contribution in [1.82, 2.24) is 5.32 Å². The third-order valence-electron chi connectivity index (χ3n) is 3.32. The van der Waals surface area contributed by atoms with Crippen molar-refractivity contribution in [3.63, 3.8) is 0 Å². The second-order valence-corrected chi connectivity index (χ2v) is 5.96. The first-order valence-corrected chi connectivity index (χ1v) is 8.06. The highest BCUT2D eigenvalue weighted by Crippen LogP contribution is 2.29. The van der Waals surface area contributed by atoms with E-state index in [-0.39, 0.29) is 17.6 Å². The van der Waals surface area contributed by atoms with E-state index in [0.29, 0.717) is 0 Å². The zero-order valence-electron chi connectivity index (χ0n) is 12.2. The van der Waals surface area contributed by atoms with Gasteiger partial charge in [0, 0.05) is 3.57 Å². The van der Waals surface area contributed by atoms with Gasteiger partial charge in [-0.05, 0) is 64.9 Å². The van der Waals surface area contributed by atoms with Crippen molar-refractivity contribution in [2.75, 3.05) is 13.7 Å². The number of benzene rings is 2. The Balaban J connectivity index is 2.40. The van der Waals surface area contributed by atoms with Crippen molar-refractivity contribution in [2.45, 2.75) is 19.4 Å². The molecule has 0 heterocycles. The van der Waals surface area contributed by atoms with Gasteiger partial charge in [-0.2, -0.15) is 0 Å². The molecule has 0 radical (unpaired) electrons. The van der Waals surface area contributed by atoms with E-state index >= 15 is 0 Å². The fraction of sp³-hybridized carbons (Fsp3) is 0.294. The number of halogens is 2. The number of hydrogen-bond acceptors (Lipinski definition) is 2. The van der Waals surface area contributed by atoms with E-state index in [4.69, 9.17) is 4.74 Å². The number of hydrogen-bond donors (Lipinski definition) is 1. The Hall–Kier alpha value is -1.14. The van der Waals surface area contributed by atoms with Crippen LogP contribution in [0.4, 0.5) is 4.39 Å². The average Bonchev–Trinajstić information content (AvgIpc) is 2.49.